The molecular formula is C20H19N4OS+. The number of rotatable bonds is 3. The average Bonchev–Trinajstić information content (AvgIpc) is 3.10. The molecule has 0 radical (unpaired) electrons. The molecular weight excluding hydrogens is 344 g/mol. The molecule has 3 aromatic rings. The van der Waals surface area contributed by atoms with Gasteiger partial charge in [0, 0.05) is 5.56 Å². The average molecular weight is 363 g/mol. The zero-order valence-electron chi connectivity index (χ0n) is 14.3. The van der Waals surface area contributed by atoms with E-state index in [1.165, 1.54) is 9.60 Å². The van der Waals surface area contributed by atoms with Crippen LogP contribution >= 0.6 is 11.3 Å². The summed E-state index contributed by atoms with van der Waals surface area (Å²) in [7, 11) is 0. The van der Waals surface area contributed by atoms with Crippen LogP contribution in [0.3, 0.4) is 0 Å². The Balaban J connectivity index is 1.36. The van der Waals surface area contributed by atoms with E-state index in [4.69, 9.17) is 10.2 Å². The summed E-state index contributed by atoms with van der Waals surface area (Å²) in [6.07, 6.45) is 0. The first-order valence-electron chi connectivity index (χ1n) is 8.70. The van der Waals surface area contributed by atoms with Gasteiger partial charge in [-0.15, -0.1) is 11.3 Å². The number of carbonyl (C=O) groups is 1. The Morgan fingerprint density at radius 2 is 1.88 bits per heavy atom. The van der Waals surface area contributed by atoms with Crippen molar-refractivity contribution in [1.82, 2.24) is 9.88 Å². The zero-order chi connectivity index (χ0) is 17.9. The molecule has 1 fully saturated rings. The summed E-state index contributed by atoms with van der Waals surface area (Å²) in [4.78, 5) is 20.7. The van der Waals surface area contributed by atoms with Crippen molar-refractivity contribution >= 4 is 27.5 Å². The molecule has 1 N–H and O–H groups in total. The number of hydrogen-bond acceptors (Lipinski definition) is 4. The third-order valence-electron chi connectivity index (χ3n) is 4.76. The summed E-state index contributed by atoms with van der Waals surface area (Å²) in [6, 6.07) is 17.2. The van der Waals surface area contributed by atoms with Crippen molar-refractivity contribution in [2.45, 2.75) is 6.54 Å². The number of fused-ring (bicyclic) bond motifs is 1. The minimum atomic E-state index is 0.0496. The molecule has 2 heterocycles. The summed E-state index contributed by atoms with van der Waals surface area (Å²) in [5.74, 6) is 0.0496. The Bertz CT molecular complexity index is 932. The Hall–Kier alpha value is -2.75. The van der Waals surface area contributed by atoms with Crippen molar-refractivity contribution in [3.8, 4) is 6.07 Å². The number of nitrogens with zero attached hydrogens (tertiary/aromatic N) is 3. The van der Waals surface area contributed by atoms with E-state index >= 15 is 0 Å². The molecule has 6 heteroatoms. The molecule has 1 aromatic heterocycles. The van der Waals surface area contributed by atoms with Gasteiger partial charge in [0.1, 0.15) is 11.6 Å². The third kappa shape index (κ3) is 3.45. The smallest absolute Gasteiger partial charge is 0.254 e. The fourth-order valence-electron chi connectivity index (χ4n) is 3.28. The van der Waals surface area contributed by atoms with Crippen LogP contribution in [0.2, 0.25) is 0 Å². The zero-order valence-corrected chi connectivity index (χ0v) is 15.1. The van der Waals surface area contributed by atoms with Crippen molar-refractivity contribution in [2.24, 2.45) is 0 Å². The minimum absolute atomic E-state index is 0.0496. The lowest BCUT2D eigenvalue weighted by molar-refractivity contribution is -0.917. The van der Waals surface area contributed by atoms with Gasteiger partial charge < -0.3 is 9.80 Å². The fraction of sp³-hybridized carbons (Fsp3) is 0.250. The van der Waals surface area contributed by atoms with Gasteiger partial charge in [-0.3, -0.25) is 4.79 Å². The second kappa shape index (κ2) is 7.24. The Morgan fingerprint density at radius 1 is 1.15 bits per heavy atom. The van der Waals surface area contributed by atoms with Gasteiger partial charge in [-0.2, -0.15) is 5.26 Å². The number of amides is 1. The third-order valence-corrected chi connectivity index (χ3v) is 5.79. The second-order valence-corrected chi connectivity index (χ2v) is 7.60. The Morgan fingerprint density at radius 3 is 2.58 bits per heavy atom. The number of thiazole rings is 1. The molecule has 0 aliphatic carbocycles. The summed E-state index contributed by atoms with van der Waals surface area (Å²) >= 11 is 1.76. The maximum atomic E-state index is 12.6. The first-order chi connectivity index (χ1) is 12.7. The van der Waals surface area contributed by atoms with E-state index in [9.17, 15) is 4.79 Å². The molecule has 4 rings (SSSR count). The van der Waals surface area contributed by atoms with E-state index in [0.717, 1.165) is 43.2 Å². The highest BCUT2D eigenvalue weighted by Crippen LogP contribution is 2.20. The molecule has 26 heavy (non-hydrogen) atoms. The SMILES string of the molecule is N#Cc1ccc(C(=O)N2CC[NH+](Cc3nc4ccccc4s3)CC2)cc1. The number of hydrogen-bond donors (Lipinski definition) is 1. The van der Waals surface area contributed by atoms with E-state index in [0.29, 0.717) is 11.1 Å². The predicted molar refractivity (Wildman–Crippen MR) is 101 cm³/mol. The van der Waals surface area contributed by atoms with Crippen LogP contribution in [0.4, 0.5) is 0 Å². The molecule has 5 nitrogen and oxygen atoms in total. The molecule has 0 bridgehead atoms. The first kappa shape index (κ1) is 16.7. The molecule has 1 aliphatic heterocycles. The van der Waals surface area contributed by atoms with Crippen LogP contribution in [0.25, 0.3) is 10.2 Å². The highest BCUT2D eigenvalue weighted by molar-refractivity contribution is 7.18. The van der Waals surface area contributed by atoms with Crippen molar-refractivity contribution < 1.29 is 9.69 Å². The van der Waals surface area contributed by atoms with E-state index in [-0.39, 0.29) is 5.91 Å². The summed E-state index contributed by atoms with van der Waals surface area (Å²) < 4.78 is 1.23. The van der Waals surface area contributed by atoms with E-state index in [2.05, 4.69) is 18.2 Å². The predicted octanol–water partition coefficient (Wildman–Crippen LogP) is 1.71. The number of piperazine rings is 1. The number of benzene rings is 2. The molecule has 1 amide bonds. The number of carbonyl (C=O) groups excluding carboxylic acids is 1. The van der Waals surface area contributed by atoms with Gasteiger partial charge in [0.25, 0.3) is 5.91 Å². The van der Waals surface area contributed by atoms with Gasteiger partial charge in [0.2, 0.25) is 0 Å². The van der Waals surface area contributed by atoms with Crippen LogP contribution in [0.5, 0.6) is 0 Å². The van der Waals surface area contributed by atoms with Gasteiger partial charge >= 0.3 is 0 Å². The van der Waals surface area contributed by atoms with E-state index < -0.39 is 0 Å². The lowest BCUT2D eigenvalue weighted by Crippen LogP contribution is -3.13. The first-order valence-corrected chi connectivity index (χ1v) is 9.52. The molecule has 0 spiro atoms. The lowest BCUT2D eigenvalue weighted by atomic mass is 10.1. The summed E-state index contributed by atoms with van der Waals surface area (Å²) in [5, 5.41) is 10.0. The van der Waals surface area contributed by atoms with Crippen LogP contribution in [-0.4, -0.2) is 42.0 Å². The van der Waals surface area contributed by atoms with Crippen LogP contribution in [0, 0.1) is 11.3 Å². The normalized spacial score (nSPS) is 15.1. The number of nitriles is 1. The van der Waals surface area contributed by atoms with Crippen LogP contribution in [0.15, 0.2) is 48.5 Å². The molecule has 1 aliphatic rings. The van der Waals surface area contributed by atoms with Crippen molar-refractivity contribution in [3.05, 3.63) is 64.7 Å². The van der Waals surface area contributed by atoms with E-state index in [1.807, 2.05) is 17.0 Å². The second-order valence-electron chi connectivity index (χ2n) is 6.48. The Labute approximate surface area is 156 Å². The standard InChI is InChI=1S/C20H18N4OS/c21-13-15-5-7-16(8-6-15)20(25)24-11-9-23(10-12-24)14-19-22-17-3-1-2-4-18(17)26-19/h1-8H,9-12,14H2/p+1. The van der Waals surface area contributed by atoms with Crippen molar-refractivity contribution in [2.75, 3.05) is 26.2 Å². The summed E-state index contributed by atoms with van der Waals surface area (Å²) in [6.45, 7) is 4.27. The van der Waals surface area contributed by atoms with E-state index in [1.54, 1.807) is 35.6 Å². The largest absolute Gasteiger partial charge is 0.327 e. The molecule has 0 unspecified atom stereocenters. The molecule has 130 valence electrons. The number of para-hydroxylation sites is 1. The van der Waals surface area contributed by atoms with Gasteiger partial charge in [0.05, 0.1) is 48.0 Å². The fourth-order valence-corrected chi connectivity index (χ4v) is 4.32. The molecule has 0 saturated carbocycles. The lowest BCUT2D eigenvalue weighted by Gasteiger charge is -2.31. The van der Waals surface area contributed by atoms with Gasteiger partial charge in [-0.25, -0.2) is 4.98 Å². The summed E-state index contributed by atoms with van der Waals surface area (Å²) in [5.41, 5.74) is 2.30. The maximum absolute atomic E-state index is 12.6. The topological polar surface area (TPSA) is 61.4 Å². The van der Waals surface area contributed by atoms with Crippen LogP contribution < -0.4 is 4.90 Å². The van der Waals surface area contributed by atoms with Crippen molar-refractivity contribution in [1.29, 1.82) is 5.26 Å². The molecule has 0 atom stereocenters. The Kier molecular flexibility index (Phi) is 4.65. The number of quaternary nitrogens is 1. The van der Waals surface area contributed by atoms with Crippen LogP contribution in [0.1, 0.15) is 20.9 Å². The molecule has 2 aromatic carbocycles. The van der Waals surface area contributed by atoms with Gasteiger partial charge in [-0.1, -0.05) is 12.1 Å². The maximum Gasteiger partial charge on any atom is 0.254 e. The number of aromatic nitrogens is 1. The van der Waals surface area contributed by atoms with Gasteiger partial charge in [0.15, 0.2) is 0 Å². The minimum Gasteiger partial charge on any atom is -0.327 e. The van der Waals surface area contributed by atoms with Gasteiger partial charge in [-0.05, 0) is 36.4 Å². The van der Waals surface area contributed by atoms with Crippen molar-refractivity contribution in [3.63, 3.8) is 0 Å². The van der Waals surface area contributed by atoms with Crippen LogP contribution in [-0.2, 0) is 6.54 Å². The number of nitrogens with one attached hydrogen (secondary N) is 1. The molecule has 1 saturated heterocycles. The monoisotopic (exact) mass is 363 g/mol. The highest BCUT2D eigenvalue weighted by Gasteiger charge is 2.25. The quantitative estimate of drug-likeness (QED) is 0.771. The highest BCUT2D eigenvalue weighted by atomic mass is 32.1.